The number of hydrogen-bond donors (Lipinski definition) is 2. The van der Waals surface area contributed by atoms with Crippen LogP contribution in [0.2, 0.25) is 0 Å². The number of carbonyl (C=O) groups excluding carboxylic acids is 1. The van der Waals surface area contributed by atoms with E-state index in [-0.39, 0.29) is 5.91 Å². The monoisotopic (exact) mass is 235 g/mol. The Hall–Kier alpha value is -1.35. The quantitative estimate of drug-likeness (QED) is 0.827. The number of aliphatic hydroxyl groups excluding tert-OH is 1. The minimum absolute atomic E-state index is 0.0475. The first-order valence-electron chi connectivity index (χ1n) is 5.82. The van der Waals surface area contributed by atoms with Crippen molar-refractivity contribution in [2.45, 2.75) is 40.7 Å². The molecule has 0 bridgehead atoms. The van der Waals surface area contributed by atoms with Gasteiger partial charge in [0.2, 0.25) is 5.91 Å². The normalized spacial score (nSPS) is 13.3. The van der Waals surface area contributed by atoms with Gasteiger partial charge in [0, 0.05) is 16.7 Å². The van der Waals surface area contributed by atoms with Gasteiger partial charge in [0.05, 0.1) is 6.10 Å². The summed E-state index contributed by atoms with van der Waals surface area (Å²) in [5.74, 6) is -0.0475. The summed E-state index contributed by atoms with van der Waals surface area (Å²) in [4.78, 5) is 12.0. The van der Waals surface area contributed by atoms with Gasteiger partial charge in [-0.2, -0.15) is 0 Å². The number of hydrogen-bond acceptors (Lipinski definition) is 2. The lowest BCUT2D eigenvalue weighted by molar-refractivity contribution is -0.123. The van der Waals surface area contributed by atoms with Crippen LogP contribution >= 0.6 is 0 Å². The smallest absolute Gasteiger partial charge is 0.229 e. The molecular weight excluding hydrogens is 214 g/mol. The molecule has 0 aliphatic carbocycles. The third kappa shape index (κ3) is 3.30. The van der Waals surface area contributed by atoms with Crippen molar-refractivity contribution in [3.05, 3.63) is 29.3 Å². The van der Waals surface area contributed by atoms with Crippen molar-refractivity contribution >= 4 is 11.6 Å². The molecule has 3 nitrogen and oxygen atoms in total. The molecule has 1 aromatic carbocycles. The third-order valence-corrected chi connectivity index (χ3v) is 2.67. The van der Waals surface area contributed by atoms with Crippen molar-refractivity contribution < 1.29 is 9.90 Å². The lowest BCUT2D eigenvalue weighted by Crippen LogP contribution is -2.28. The van der Waals surface area contributed by atoms with Gasteiger partial charge in [0.15, 0.2) is 0 Å². The Bertz CT molecular complexity index is 417. The number of nitrogens with one attached hydrogen (secondary N) is 1. The van der Waals surface area contributed by atoms with Crippen molar-refractivity contribution in [2.24, 2.45) is 5.41 Å². The molecule has 0 aliphatic heterocycles. The summed E-state index contributed by atoms with van der Waals surface area (Å²) < 4.78 is 0. The maximum Gasteiger partial charge on any atom is 0.229 e. The summed E-state index contributed by atoms with van der Waals surface area (Å²) >= 11 is 0. The van der Waals surface area contributed by atoms with Crippen molar-refractivity contribution in [2.75, 3.05) is 5.32 Å². The molecule has 0 radical (unpaired) electrons. The minimum Gasteiger partial charge on any atom is -0.389 e. The van der Waals surface area contributed by atoms with Crippen LogP contribution in [0.3, 0.4) is 0 Å². The van der Waals surface area contributed by atoms with Crippen LogP contribution in [0.1, 0.15) is 44.9 Å². The molecule has 0 aromatic heterocycles. The molecule has 94 valence electrons. The van der Waals surface area contributed by atoms with E-state index in [0.29, 0.717) is 0 Å². The van der Waals surface area contributed by atoms with Crippen LogP contribution in [0.5, 0.6) is 0 Å². The Morgan fingerprint density at radius 3 is 2.41 bits per heavy atom. The van der Waals surface area contributed by atoms with Crippen LogP contribution in [0, 0.1) is 12.3 Å². The number of amides is 1. The van der Waals surface area contributed by atoms with E-state index >= 15 is 0 Å². The number of aryl methyl sites for hydroxylation is 1. The maximum atomic E-state index is 12.0. The molecule has 1 rings (SSSR count). The van der Waals surface area contributed by atoms with Gasteiger partial charge in [0.1, 0.15) is 0 Å². The fourth-order valence-electron chi connectivity index (χ4n) is 1.51. The first kappa shape index (κ1) is 13.7. The average Bonchev–Trinajstić information content (AvgIpc) is 2.18. The molecule has 0 saturated heterocycles. The molecule has 0 saturated carbocycles. The lowest BCUT2D eigenvalue weighted by Gasteiger charge is -2.21. The van der Waals surface area contributed by atoms with Crippen LogP contribution in [-0.4, -0.2) is 11.0 Å². The highest BCUT2D eigenvalue weighted by Gasteiger charge is 2.23. The molecule has 3 heteroatoms. The second-order valence-electron chi connectivity index (χ2n) is 5.42. The van der Waals surface area contributed by atoms with Crippen molar-refractivity contribution in [3.8, 4) is 0 Å². The van der Waals surface area contributed by atoms with Crippen LogP contribution in [-0.2, 0) is 4.79 Å². The minimum atomic E-state index is -0.592. The van der Waals surface area contributed by atoms with E-state index in [1.807, 2.05) is 45.9 Å². The third-order valence-electron chi connectivity index (χ3n) is 2.67. The van der Waals surface area contributed by atoms with E-state index in [0.717, 1.165) is 16.8 Å². The van der Waals surface area contributed by atoms with Crippen LogP contribution in [0.4, 0.5) is 5.69 Å². The summed E-state index contributed by atoms with van der Waals surface area (Å²) in [6.45, 7) is 9.21. The van der Waals surface area contributed by atoms with Crippen LogP contribution in [0.25, 0.3) is 0 Å². The largest absolute Gasteiger partial charge is 0.389 e. The Labute approximate surface area is 103 Å². The first-order chi connectivity index (χ1) is 7.73. The Morgan fingerprint density at radius 2 is 1.94 bits per heavy atom. The average molecular weight is 235 g/mol. The van der Waals surface area contributed by atoms with E-state index in [1.54, 1.807) is 6.92 Å². The highest BCUT2D eigenvalue weighted by molar-refractivity contribution is 5.95. The molecule has 0 fully saturated rings. The van der Waals surface area contributed by atoms with Gasteiger partial charge in [-0.15, -0.1) is 0 Å². The van der Waals surface area contributed by atoms with E-state index in [2.05, 4.69) is 5.32 Å². The molecule has 1 amide bonds. The second kappa shape index (κ2) is 4.88. The molecule has 1 aromatic rings. The molecular formula is C14H21NO2. The van der Waals surface area contributed by atoms with Crippen LogP contribution in [0.15, 0.2) is 18.2 Å². The van der Waals surface area contributed by atoms with E-state index in [4.69, 9.17) is 0 Å². The highest BCUT2D eigenvalue weighted by Crippen LogP contribution is 2.28. The fourth-order valence-corrected chi connectivity index (χ4v) is 1.51. The van der Waals surface area contributed by atoms with Gasteiger partial charge in [-0.05, 0) is 19.4 Å². The molecule has 0 heterocycles. The number of aliphatic hydroxyl groups is 1. The zero-order valence-corrected chi connectivity index (χ0v) is 11.2. The summed E-state index contributed by atoms with van der Waals surface area (Å²) in [5.41, 5.74) is 1.99. The van der Waals surface area contributed by atoms with E-state index in [9.17, 15) is 9.90 Å². The van der Waals surface area contributed by atoms with Crippen molar-refractivity contribution in [1.29, 1.82) is 0 Å². The predicted octanol–water partition coefficient (Wildman–Crippen LogP) is 3.03. The van der Waals surface area contributed by atoms with Gasteiger partial charge in [-0.1, -0.05) is 39.0 Å². The zero-order valence-electron chi connectivity index (χ0n) is 11.2. The Balaban J connectivity index is 3.10. The van der Waals surface area contributed by atoms with Crippen molar-refractivity contribution in [3.63, 3.8) is 0 Å². The number of para-hydroxylation sites is 1. The summed E-state index contributed by atoms with van der Waals surface area (Å²) in [6.07, 6.45) is -0.592. The first-order valence-corrected chi connectivity index (χ1v) is 5.82. The van der Waals surface area contributed by atoms with Crippen LogP contribution < -0.4 is 5.32 Å². The Kier molecular flexibility index (Phi) is 3.94. The molecule has 1 unspecified atom stereocenters. The topological polar surface area (TPSA) is 49.3 Å². The Morgan fingerprint density at radius 1 is 1.35 bits per heavy atom. The summed E-state index contributed by atoms with van der Waals surface area (Å²) in [6, 6.07) is 5.63. The second-order valence-corrected chi connectivity index (χ2v) is 5.42. The number of carbonyl (C=O) groups is 1. The van der Waals surface area contributed by atoms with Gasteiger partial charge in [-0.3, -0.25) is 4.79 Å². The molecule has 17 heavy (non-hydrogen) atoms. The van der Waals surface area contributed by atoms with Gasteiger partial charge >= 0.3 is 0 Å². The molecule has 1 atom stereocenters. The van der Waals surface area contributed by atoms with E-state index < -0.39 is 11.5 Å². The summed E-state index contributed by atoms with van der Waals surface area (Å²) in [5, 5.41) is 12.6. The lowest BCUT2D eigenvalue weighted by atomic mass is 9.94. The highest BCUT2D eigenvalue weighted by atomic mass is 16.3. The fraction of sp³-hybridized carbons (Fsp3) is 0.500. The summed E-state index contributed by atoms with van der Waals surface area (Å²) in [7, 11) is 0. The molecule has 0 spiro atoms. The molecule has 0 aliphatic rings. The number of rotatable bonds is 2. The van der Waals surface area contributed by atoms with Gasteiger partial charge < -0.3 is 10.4 Å². The predicted molar refractivity (Wildman–Crippen MR) is 69.9 cm³/mol. The van der Waals surface area contributed by atoms with Gasteiger partial charge in [-0.25, -0.2) is 0 Å². The van der Waals surface area contributed by atoms with Gasteiger partial charge in [0.25, 0.3) is 0 Å². The number of benzene rings is 1. The van der Waals surface area contributed by atoms with E-state index in [1.165, 1.54) is 0 Å². The SMILES string of the molecule is Cc1cccc(C(C)O)c1NC(=O)C(C)(C)C. The molecule has 2 N–H and O–H groups in total. The maximum absolute atomic E-state index is 12.0. The number of anilines is 1. The standard InChI is InChI=1S/C14H21NO2/c1-9-7-6-8-11(10(2)16)12(9)15-13(17)14(3,4)5/h6-8,10,16H,1-5H3,(H,15,17). The van der Waals surface area contributed by atoms with Crippen molar-refractivity contribution in [1.82, 2.24) is 0 Å². The zero-order chi connectivity index (χ0) is 13.2.